The lowest BCUT2D eigenvalue weighted by atomic mass is 10.00. The molecule has 0 atom stereocenters. The molecular weight excluding hydrogens is 647 g/mol. The highest BCUT2D eigenvalue weighted by atomic mass is 16.1. The van der Waals surface area contributed by atoms with Gasteiger partial charge in [0.2, 0.25) is 0 Å². The van der Waals surface area contributed by atoms with Crippen LogP contribution < -0.4 is 5.56 Å². The quantitative estimate of drug-likeness (QED) is 0.171. The summed E-state index contributed by atoms with van der Waals surface area (Å²) in [4.78, 5) is 15.8. The third kappa shape index (κ3) is 4.27. The molecule has 0 unspecified atom stereocenters. The SMILES string of the molecule is O=c1c2c(ccc3c4ccccc4n(-c4cccc(-c5ccccc5)c4)c32)c2ccc3c4ccccc4n(-c4ccccc4)c3c2n1-c1ccccc1. The number of pyridine rings is 1. The molecule has 0 aliphatic heterocycles. The minimum Gasteiger partial charge on any atom is -0.308 e. The normalized spacial score (nSPS) is 11.8. The summed E-state index contributed by atoms with van der Waals surface area (Å²) >= 11 is 0. The second kappa shape index (κ2) is 11.4. The number of hydrogen-bond acceptors (Lipinski definition) is 1. The van der Waals surface area contributed by atoms with E-state index in [2.05, 4.69) is 155 Å². The largest absolute Gasteiger partial charge is 0.308 e. The molecule has 0 aliphatic rings. The summed E-state index contributed by atoms with van der Waals surface area (Å²) < 4.78 is 6.57. The van der Waals surface area contributed by atoms with E-state index in [0.717, 1.165) is 88.1 Å². The average molecular weight is 678 g/mol. The number of rotatable bonds is 4. The maximum absolute atomic E-state index is 15.8. The van der Waals surface area contributed by atoms with Gasteiger partial charge in [0.05, 0.1) is 33.0 Å². The highest BCUT2D eigenvalue weighted by Crippen LogP contribution is 2.42. The third-order valence-electron chi connectivity index (χ3n) is 10.8. The Morgan fingerprint density at radius 1 is 0.302 bits per heavy atom. The van der Waals surface area contributed by atoms with Crippen LogP contribution in [-0.2, 0) is 0 Å². The van der Waals surface area contributed by atoms with Crippen molar-refractivity contribution in [3.8, 4) is 28.2 Å². The van der Waals surface area contributed by atoms with Gasteiger partial charge in [-0.25, -0.2) is 0 Å². The average Bonchev–Trinajstić information content (AvgIpc) is 3.75. The van der Waals surface area contributed by atoms with Crippen molar-refractivity contribution in [1.29, 1.82) is 0 Å². The van der Waals surface area contributed by atoms with E-state index in [1.54, 1.807) is 0 Å². The second-order valence-corrected chi connectivity index (χ2v) is 13.7. The van der Waals surface area contributed by atoms with E-state index in [-0.39, 0.29) is 5.56 Å². The van der Waals surface area contributed by atoms with Crippen LogP contribution in [0.5, 0.6) is 0 Å². The van der Waals surface area contributed by atoms with Crippen molar-refractivity contribution in [2.75, 3.05) is 0 Å². The van der Waals surface area contributed by atoms with Gasteiger partial charge in [0.25, 0.3) is 5.56 Å². The van der Waals surface area contributed by atoms with Crippen LogP contribution in [0.4, 0.5) is 0 Å². The predicted octanol–water partition coefficient (Wildman–Crippen LogP) is 12.0. The van der Waals surface area contributed by atoms with Crippen molar-refractivity contribution >= 4 is 65.3 Å². The molecule has 0 fully saturated rings. The summed E-state index contributed by atoms with van der Waals surface area (Å²) in [7, 11) is 0. The fraction of sp³-hybridized carbons (Fsp3) is 0. The highest BCUT2D eigenvalue weighted by molar-refractivity contribution is 6.26. The van der Waals surface area contributed by atoms with Gasteiger partial charge in [0, 0.05) is 44.0 Å². The lowest BCUT2D eigenvalue weighted by molar-refractivity contribution is 1.06. The molecule has 4 nitrogen and oxygen atoms in total. The van der Waals surface area contributed by atoms with Gasteiger partial charge in [-0.05, 0) is 65.0 Å². The van der Waals surface area contributed by atoms with E-state index in [0.29, 0.717) is 5.39 Å². The Kier molecular flexibility index (Phi) is 6.37. The zero-order valence-corrected chi connectivity index (χ0v) is 28.6. The summed E-state index contributed by atoms with van der Waals surface area (Å²) in [5.41, 5.74) is 10.1. The number of hydrogen-bond donors (Lipinski definition) is 0. The minimum atomic E-state index is -0.0510. The molecule has 11 rings (SSSR count). The molecule has 4 heteroatoms. The Balaban J connectivity index is 1.36. The minimum absolute atomic E-state index is 0.0510. The first-order valence-corrected chi connectivity index (χ1v) is 18.0. The highest BCUT2D eigenvalue weighted by Gasteiger charge is 2.24. The smallest absolute Gasteiger partial charge is 0.265 e. The molecule has 11 aromatic rings. The van der Waals surface area contributed by atoms with Gasteiger partial charge in [0.15, 0.2) is 0 Å². The predicted molar refractivity (Wildman–Crippen MR) is 221 cm³/mol. The van der Waals surface area contributed by atoms with Gasteiger partial charge in [0.1, 0.15) is 0 Å². The molecular formula is C49H31N3O. The van der Waals surface area contributed by atoms with Gasteiger partial charge < -0.3 is 9.13 Å². The van der Waals surface area contributed by atoms with Crippen LogP contribution in [0.25, 0.3) is 93.5 Å². The van der Waals surface area contributed by atoms with E-state index in [1.165, 1.54) is 0 Å². The Morgan fingerprint density at radius 3 is 1.38 bits per heavy atom. The fourth-order valence-corrected chi connectivity index (χ4v) is 8.59. The number of benzene rings is 8. The van der Waals surface area contributed by atoms with Crippen molar-refractivity contribution in [3.05, 3.63) is 198 Å². The Labute approximate surface area is 304 Å². The maximum atomic E-state index is 15.8. The topological polar surface area (TPSA) is 31.9 Å². The van der Waals surface area contributed by atoms with Crippen LogP contribution in [0.3, 0.4) is 0 Å². The van der Waals surface area contributed by atoms with Crippen LogP contribution in [-0.4, -0.2) is 13.7 Å². The molecule has 3 heterocycles. The first-order chi connectivity index (χ1) is 26.3. The standard InChI is InChI=1S/C49H31N3O/c53-49-45-39(27-28-40-37-23-10-13-26-44(37)51(46(40)45)36-22-14-17-33(31-36)32-15-4-1-5-16-32)42-30-29-41-38-24-11-12-25-43(38)50(34-18-6-2-7-19-34)47(41)48(42)52(49)35-20-8-3-9-21-35/h1-31H. The molecule has 0 radical (unpaired) electrons. The van der Waals surface area contributed by atoms with E-state index < -0.39 is 0 Å². The van der Waals surface area contributed by atoms with Crippen molar-refractivity contribution in [1.82, 2.24) is 13.7 Å². The van der Waals surface area contributed by atoms with E-state index in [9.17, 15) is 0 Å². The fourth-order valence-electron chi connectivity index (χ4n) is 8.59. The first-order valence-electron chi connectivity index (χ1n) is 18.0. The summed E-state index contributed by atoms with van der Waals surface area (Å²) in [5.74, 6) is 0. The molecule has 0 bridgehead atoms. The van der Waals surface area contributed by atoms with E-state index in [4.69, 9.17) is 0 Å². The van der Waals surface area contributed by atoms with Gasteiger partial charge in [-0.15, -0.1) is 0 Å². The number of fused-ring (bicyclic) bond motifs is 11. The molecule has 0 spiro atoms. The Hall–Kier alpha value is -7.17. The lowest BCUT2D eigenvalue weighted by Gasteiger charge is -2.18. The van der Waals surface area contributed by atoms with Gasteiger partial charge in [-0.2, -0.15) is 0 Å². The maximum Gasteiger partial charge on any atom is 0.265 e. The van der Waals surface area contributed by atoms with Crippen molar-refractivity contribution < 1.29 is 0 Å². The second-order valence-electron chi connectivity index (χ2n) is 13.7. The zero-order valence-electron chi connectivity index (χ0n) is 28.6. The molecule has 0 saturated carbocycles. The Bertz CT molecular complexity index is 3280. The summed E-state index contributed by atoms with van der Waals surface area (Å²) in [6, 6.07) is 65.5. The van der Waals surface area contributed by atoms with Crippen LogP contribution in [0.15, 0.2) is 193 Å². The van der Waals surface area contributed by atoms with E-state index >= 15 is 4.79 Å². The lowest BCUT2D eigenvalue weighted by Crippen LogP contribution is -2.20. The van der Waals surface area contributed by atoms with Crippen molar-refractivity contribution in [2.45, 2.75) is 0 Å². The molecule has 53 heavy (non-hydrogen) atoms. The third-order valence-corrected chi connectivity index (χ3v) is 10.8. The Morgan fingerprint density at radius 2 is 0.736 bits per heavy atom. The summed E-state index contributed by atoms with van der Waals surface area (Å²) in [6.07, 6.45) is 0. The van der Waals surface area contributed by atoms with Crippen molar-refractivity contribution in [2.24, 2.45) is 0 Å². The zero-order chi connectivity index (χ0) is 35.0. The first kappa shape index (κ1) is 29.5. The monoisotopic (exact) mass is 677 g/mol. The molecule has 3 aromatic heterocycles. The van der Waals surface area contributed by atoms with Gasteiger partial charge >= 0.3 is 0 Å². The van der Waals surface area contributed by atoms with E-state index in [1.807, 2.05) is 47.0 Å². The molecule has 0 aliphatic carbocycles. The molecule has 0 N–H and O–H groups in total. The van der Waals surface area contributed by atoms with Crippen LogP contribution in [0, 0.1) is 0 Å². The molecule has 8 aromatic carbocycles. The molecule has 248 valence electrons. The number of nitrogens with zero attached hydrogens (tertiary/aromatic N) is 3. The van der Waals surface area contributed by atoms with Gasteiger partial charge in [-0.1, -0.05) is 140 Å². The molecule has 0 amide bonds. The number of aromatic nitrogens is 3. The van der Waals surface area contributed by atoms with Crippen LogP contribution in [0.1, 0.15) is 0 Å². The summed E-state index contributed by atoms with van der Waals surface area (Å²) in [6.45, 7) is 0. The van der Waals surface area contributed by atoms with Gasteiger partial charge in [-0.3, -0.25) is 9.36 Å². The van der Waals surface area contributed by atoms with Crippen molar-refractivity contribution in [3.63, 3.8) is 0 Å². The van der Waals surface area contributed by atoms with Crippen LogP contribution >= 0.6 is 0 Å². The van der Waals surface area contributed by atoms with Crippen LogP contribution in [0.2, 0.25) is 0 Å². The molecule has 0 saturated heterocycles. The number of para-hydroxylation sites is 4. The summed E-state index contributed by atoms with van der Waals surface area (Å²) in [5, 5.41) is 7.06.